The second-order valence-electron chi connectivity index (χ2n) is 3.95. The Morgan fingerprint density at radius 1 is 1.53 bits per heavy atom. The monoisotopic (exact) mass is 211 g/mol. The van der Waals surface area contributed by atoms with Crippen molar-refractivity contribution in [3.05, 3.63) is 23.2 Å². The lowest BCUT2D eigenvalue weighted by molar-refractivity contribution is 0.0599. The minimum Gasteiger partial charge on any atom is -0.465 e. The van der Waals surface area contributed by atoms with E-state index >= 15 is 0 Å². The maximum Gasteiger partial charge on any atom is 0.341 e. The summed E-state index contributed by atoms with van der Waals surface area (Å²) in [5.41, 5.74) is 0.188. The average Bonchev–Trinajstić information content (AvgIpc) is 2.60. The molecule has 0 bridgehead atoms. The molecule has 1 N–H and O–H groups in total. The van der Waals surface area contributed by atoms with Crippen molar-refractivity contribution < 1.29 is 13.9 Å². The first-order valence-electron chi connectivity index (χ1n) is 4.80. The predicted molar refractivity (Wildman–Crippen MR) is 56.9 cm³/mol. The largest absolute Gasteiger partial charge is 0.465 e. The molecule has 0 aliphatic rings. The summed E-state index contributed by atoms with van der Waals surface area (Å²) < 4.78 is 10.2. The Balaban J connectivity index is 3.11. The van der Waals surface area contributed by atoms with Crippen molar-refractivity contribution in [2.75, 3.05) is 14.2 Å². The van der Waals surface area contributed by atoms with Crippen molar-refractivity contribution >= 4 is 5.97 Å². The lowest BCUT2D eigenvalue weighted by atomic mass is 10.0. The van der Waals surface area contributed by atoms with E-state index in [2.05, 4.69) is 10.1 Å². The second kappa shape index (κ2) is 4.06. The Morgan fingerprint density at radius 3 is 2.60 bits per heavy atom. The lowest BCUT2D eigenvalue weighted by Crippen LogP contribution is -2.32. The van der Waals surface area contributed by atoms with Crippen LogP contribution in [0.25, 0.3) is 0 Å². The smallest absolute Gasteiger partial charge is 0.341 e. The van der Waals surface area contributed by atoms with E-state index in [4.69, 9.17) is 4.42 Å². The Bertz CT molecular complexity index is 366. The van der Waals surface area contributed by atoms with Crippen molar-refractivity contribution in [3.8, 4) is 0 Å². The van der Waals surface area contributed by atoms with Gasteiger partial charge in [-0.05, 0) is 33.9 Å². The fraction of sp³-hybridized carbons (Fsp3) is 0.545. The molecular weight excluding hydrogens is 194 g/mol. The molecule has 0 fully saturated rings. The van der Waals surface area contributed by atoms with Crippen LogP contribution in [0.3, 0.4) is 0 Å². The number of furan rings is 1. The summed E-state index contributed by atoms with van der Waals surface area (Å²) in [5.74, 6) is 0.942. The number of ether oxygens (including phenoxy) is 1. The molecule has 4 heteroatoms. The number of aryl methyl sites for hydroxylation is 1. The van der Waals surface area contributed by atoms with E-state index < -0.39 is 0 Å². The van der Waals surface area contributed by atoms with E-state index in [0.29, 0.717) is 11.3 Å². The van der Waals surface area contributed by atoms with Gasteiger partial charge in [0.15, 0.2) is 0 Å². The van der Waals surface area contributed by atoms with Gasteiger partial charge in [-0.1, -0.05) is 0 Å². The Labute approximate surface area is 89.6 Å². The van der Waals surface area contributed by atoms with E-state index in [1.165, 1.54) is 7.11 Å². The Hall–Kier alpha value is -1.29. The fourth-order valence-corrected chi connectivity index (χ4v) is 1.23. The molecule has 0 saturated heterocycles. The third kappa shape index (κ3) is 2.21. The number of rotatable bonds is 3. The van der Waals surface area contributed by atoms with Gasteiger partial charge in [-0.15, -0.1) is 0 Å². The highest BCUT2D eigenvalue weighted by atomic mass is 16.5. The fourth-order valence-electron chi connectivity index (χ4n) is 1.23. The number of methoxy groups -OCH3 is 1. The van der Waals surface area contributed by atoms with Gasteiger partial charge >= 0.3 is 5.97 Å². The molecule has 0 aromatic carbocycles. The minimum atomic E-state index is -0.366. The Kier molecular flexibility index (Phi) is 3.19. The van der Waals surface area contributed by atoms with Gasteiger partial charge in [0, 0.05) is 0 Å². The van der Waals surface area contributed by atoms with Gasteiger partial charge in [0.25, 0.3) is 0 Å². The summed E-state index contributed by atoms with van der Waals surface area (Å²) in [7, 11) is 3.20. The van der Waals surface area contributed by atoms with Crippen LogP contribution in [-0.2, 0) is 10.3 Å². The van der Waals surface area contributed by atoms with Crippen molar-refractivity contribution in [2.45, 2.75) is 26.3 Å². The van der Waals surface area contributed by atoms with Crippen molar-refractivity contribution in [2.24, 2.45) is 0 Å². The zero-order chi connectivity index (χ0) is 11.6. The first kappa shape index (κ1) is 11.8. The number of esters is 1. The first-order chi connectivity index (χ1) is 6.92. The second-order valence-corrected chi connectivity index (χ2v) is 3.95. The molecule has 84 valence electrons. The van der Waals surface area contributed by atoms with Crippen LogP contribution in [0.1, 0.15) is 35.7 Å². The van der Waals surface area contributed by atoms with E-state index in [-0.39, 0.29) is 11.5 Å². The molecule has 0 unspecified atom stereocenters. The van der Waals surface area contributed by atoms with Gasteiger partial charge in [0.05, 0.1) is 12.6 Å². The van der Waals surface area contributed by atoms with Gasteiger partial charge in [0.2, 0.25) is 0 Å². The molecule has 4 nitrogen and oxygen atoms in total. The predicted octanol–water partition coefficient (Wildman–Crippen LogP) is 1.83. The third-order valence-corrected chi connectivity index (χ3v) is 2.56. The summed E-state index contributed by atoms with van der Waals surface area (Å²) in [6, 6.07) is 1.72. The van der Waals surface area contributed by atoms with Gasteiger partial charge < -0.3 is 14.5 Å². The van der Waals surface area contributed by atoms with Gasteiger partial charge in [-0.25, -0.2) is 4.79 Å². The highest BCUT2D eigenvalue weighted by Crippen LogP contribution is 2.25. The normalized spacial score (nSPS) is 11.5. The van der Waals surface area contributed by atoms with Crippen LogP contribution in [-0.4, -0.2) is 20.1 Å². The van der Waals surface area contributed by atoms with E-state index in [0.717, 1.165) is 5.76 Å². The van der Waals surface area contributed by atoms with Crippen LogP contribution >= 0.6 is 0 Å². The highest BCUT2D eigenvalue weighted by molar-refractivity contribution is 5.90. The molecule has 0 radical (unpaired) electrons. The number of hydrogen-bond acceptors (Lipinski definition) is 4. The van der Waals surface area contributed by atoms with Crippen molar-refractivity contribution in [1.29, 1.82) is 0 Å². The van der Waals surface area contributed by atoms with Crippen LogP contribution in [0.4, 0.5) is 0 Å². The first-order valence-corrected chi connectivity index (χ1v) is 4.80. The van der Waals surface area contributed by atoms with Crippen molar-refractivity contribution in [1.82, 2.24) is 5.32 Å². The molecular formula is C11H17NO3. The van der Waals surface area contributed by atoms with Gasteiger partial charge in [-0.3, -0.25) is 0 Å². The van der Waals surface area contributed by atoms with E-state index in [1.54, 1.807) is 13.0 Å². The molecule has 1 aromatic rings. The molecule has 1 aromatic heterocycles. The zero-order valence-electron chi connectivity index (χ0n) is 9.80. The van der Waals surface area contributed by atoms with Crippen LogP contribution in [0, 0.1) is 6.92 Å². The van der Waals surface area contributed by atoms with Crippen LogP contribution in [0.2, 0.25) is 0 Å². The average molecular weight is 211 g/mol. The van der Waals surface area contributed by atoms with Crippen LogP contribution < -0.4 is 5.32 Å². The van der Waals surface area contributed by atoms with Gasteiger partial charge in [-0.2, -0.15) is 0 Å². The van der Waals surface area contributed by atoms with Crippen LogP contribution in [0.15, 0.2) is 10.5 Å². The Morgan fingerprint density at radius 2 is 2.13 bits per heavy atom. The minimum absolute atomic E-state index is 0.295. The number of carbonyl (C=O) groups excluding carboxylic acids is 1. The van der Waals surface area contributed by atoms with Gasteiger partial charge in [0.1, 0.15) is 17.1 Å². The number of carbonyl (C=O) groups is 1. The zero-order valence-corrected chi connectivity index (χ0v) is 9.80. The summed E-state index contributed by atoms with van der Waals surface area (Å²) >= 11 is 0. The molecule has 0 atom stereocenters. The topological polar surface area (TPSA) is 51.5 Å². The maximum atomic E-state index is 11.4. The maximum absolute atomic E-state index is 11.4. The lowest BCUT2D eigenvalue weighted by Gasteiger charge is -2.20. The molecule has 0 aliphatic carbocycles. The molecule has 0 spiro atoms. The molecule has 0 aliphatic heterocycles. The summed E-state index contributed by atoms with van der Waals surface area (Å²) in [5, 5.41) is 3.11. The number of hydrogen-bond donors (Lipinski definition) is 1. The third-order valence-electron chi connectivity index (χ3n) is 2.56. The molecule has 0 saturated carbocycles. The summed E-state index contributed by atoms with van der Waals surface area (Å²) in [4.78, 5) is 11.4. The quantitative estimate of drug-likeness (QED) is 0.775. The molecule has 1 heterocycles. The van der Waals surface area contributed by atoms with Crippen LogP contribution in [0.5, 0.6) is 0 Å². The van der Waals surface area contributed by atoms with Crippen molar-refractivity contribution in [3.63, 3.8) is 0 Å². The standard InChI is InChI=1S/C11H17NO3/c1-7-8(10(13)14-5)6-9(15-7)11(2,3)12-4/h6,12H,1-5H3. The molecule has 1 rings (SSSR count). The summed E-state index contributed by atoms with van der Waals surface area (Å²) in [6.07, 6.45) is 0. The highest BCUT2D eigenvalue weighted by Gasteiger charge is 2.25. The molecule has 15 heavy (non-hydrogen) atoms. The van der Waals surface area contributed by atoms with E-state index in [9.17, 15) is 4.79 Å². The summed E-state index contributed by atoms with van der Waals surface area (Å²) in [6.45, 7) is 5.71. The number of nitrogens with one attached hydrogen (secondary N) is 1. The van der Waals surface area contributed by atoms with E-state index in [1.807, 2.05) is 20.9 Å². The SMILES string of the molecule is CNC(C)(C)c1cc(C(=O)OC)c(C)o1. The molecule has 0 amide bonds.